The van der Waals surface area contributed by atoms with Gasteiger partial charge in [-0.2, -0.15) is 0 Å². The summed E-state index contributed by atoms with van der Waals surface area (Å²) in [6.45, 7) is 3.98. The number of hydrogen-bond acceptors (Lipinski definition) is 3. The van der Waals surface area contributed by atoms with Gasteiger partial charge in [0.05, 0.1) is 16.7 Å². The predicted molar refractivity (Wildman–Crippen MR) is 60.6 cm³/mol. The van der Waals surface area contributed by atoms with Crippen LogP contribution in [0, 0.1) is 6.92 Å². The van der Waals surface area contributed by atoms with E-state index in [1.807, 2.05) is 26.0 Å². The number of aryl methyl sites for hydroxylation is 2. The van der Waals surface area contributed by atoms with E-state index >= 15 is 0 Å². The van der Waals surface area contributed by atoms with Gasteiger partial charge in [0.2, 0.25) is 5.78 Å². The van der Waals surface area contributed by atoms with Crippen LogP contribution < -0.4 is 0 Å². The van der Waals surface area contributed by atoms with Gasteiger partial charge in [-0.25, -0.2) is 0 Å². The van der Waals surface area contributed by atoms with Crippen LogP contribution in [0.2, 0.25) is 0 Å². The number of carbonyl (C=O) groups is 1. The molecule has 3 heteroatoms. The molecule has 0 aliphatic carbocycles. The molecule has 2 aromatic heterocycles. The van der Waals surface area contributed by atoms with Crippen molar-refractivity contribution in [3.63, 3.8) is 0 Å². The SMILES string of the molecule is CCc1occc1C(=O)c1ccc(C)s1. The topological polar surface area (TPSA) is 30.2 Å². The Kier molecular flexibility index (Phi) is 2.73. The second kappa shape index (κ2) is 4.03. The quantitative estimate of drug-likeness (QED) is 0.742. The number of furan rings is 1. The Morgan fingerprint density at radius 1 is 1.40 bits per heavy atom. The lowest BCUT2D eigenvalue weighted by molar-refractivity contribution is 0.104. The highest BCUT2D eigenvalue weighted by molar-refractivity contribution is 7.14. The van der Waals surface area contributed by atoms with Crippen molar-refractivity contribution >= 4 is 17.1 Å². The molecule has 0 atom stereocenters. The molecule has 0 unspecified atom stereocenters. The van der Waals surface area contributed by atoms with Gasteiger partial charge in [0.15, 0.2) is 0 Å². The van der Waals surface area contributed by atoms with E-state index in [0.717, 1.165) is 21.9 Å². The summed E-state index contributed by atoms with van der Waals surface area (Å²) in [5, 5.41) is 0. The standard InChI is InChI=1S/C12H12O2S/c1-3-10-9(6-7-14-10)12(13)11-5-4-8(2)15-11/h4-7H,3H2,1-2H3. The van der Waals surface area contributed by atoms with E-state index in [9.17, 15) is 4.79 Å². The third kappa shape index (κ3) is 1.88. The first-order valence-corrected chi connectivity index (χ1v) is 5.71. The molecule has 0 fully saturated rings. The van der Waals surface area contributed by atoms with Gasteiger partial charge in [0.25, 0.3) is 0 Å². The minimum Gasteiger partial charge on any atom is -0.469 e. The van der Waals surface area contributed by atoms with Gasteiger partial charge in [-0.1, -0.05) is 6.92 Å². The molecule has 0 N–H and O–H groups in total. The van der Waals surface area contributed by atoms with Gasteiger partial charge in [-0.15, -0.1) is 11.3 Å². The fourth-order valence-electron chi connectivity index (χ4n) is 1.51. The number of thiophene rings is 1. The number of hydrogen-bond donors (Lipinski definition) is 0. The van der Waals surface area contributed by atoms with Crippen molar-refractivity contribution in [1.29, 1.82) is 0 Å². The average molecular weight is 220 g/mol. The number of carbonyl (C=O) groups excluding carboxylic acids is 1. The Bertz CT molecular complexity index is 479. The first-order valence-electron chi connectivity index (χ1n) is 4.90. The predicted octanol–water partition coefficient (Wildman–Crippen LogP) is 3.44. The summed E-state index contributed by atoms with van der Waals surface area (Å²) in [7, 11) is 0. The van der Waals surface area contributed by atoms with Crippen molar-refractivity contribution in [2.45, 2.75) is 20.3 Å². The maximum Gasteiger partial charge on any atom is 0.206 e. The van der Waals surface area contributed by atoms with Crippen LogP contribution in [0.25, 0.3) is 0 Å². The first kappa shape index (κ1) is 10.2. The molecule has 0 aliphatic rings. The summed E-state index contributed by atoms with van der Waals surface area (Å²) in [6.07, 6.45) is 2.32. The highest BCUT2D eigenvalue weighted by Gasteiger charge is 2.16. The van der Waals surface area contributed by atoms with Gasteiger partial charge in [-0.05, 0) is 25.1 Å². The summed E-state index contributed by atoms with van der Waals surface area (Å²) < 4.78 is 5.25. The Labute approximate surface area is 92.5 Å². The minimum atomic E-state index is 0.0682. The van der Waals surface area contributed by atoms with Crippen molar-refractivity contribution in [3.05, 3.63) is 45.5 Å². The molecule has 0 aliphatic heterocycles. The molecule has 2 heterocycles. The highest BCUT2D eigenvalue weighted by atomic mass is 32.1. The molecule has 0 saturated carbocycles. The van der Waals surface area contributed by atoms with Crippen LogP contribution in [0.5, 0.6) is 0 Å². The number of rotatable bonds is 3. The lowest BCUT2D eigenvalue weighted by atomic mass is 10.1. The van der Waals surface area contributed by atoms with E-state index in [1.54, 1.807) is 12.3 Å². The zero-order valence-electron chi connectivity index (χ0n) is 8.74. The van der Waals surface area contributed by atoms with E-state index in [1.165, 1.54) is 11.3 Å². The van der Waals surface area contributed by atoms with Crippen molar-refractivity contribution in [3.8, 4) is 0 Å². The fraction of sp³-hybridized carbons (Fsp3) is 0.250. The van der Waals surface area contributed by atoms with Crippen molar-refractivity contribution < 1.29 is 9.21 Å². The highest BCUT2D eigenvalue weighted by Crippen LogP contribution is 2.22. The Hall–Kier alpha value is -1.35. The summed E-state index contributed by atoms with van der Waals surface area (Å²) in [5.74, 6) is 0.838. The molecule has 15 heavy (non-hydrogen) atoms. The molecule has 0 radical (unpaired) electrons. The van der Waals surface area contributed by atoms with Crippen molar-refractivity contribution in [2.75, 3.05) is 0 Å². The largest absolute Gasteiger partial charge is 0.469 e. The fourth-order valence-corrected chi connectivity index (χ4v) is 2.33. The first-order chi connectivity index (χ1) is 7.22. The third-order valence-corrected chi connectivity index (χ3v) is 3.27. The van der Waals surface area contributed by atoms with E-state index in [-0.39, 0.29) is 5.78 Å². The summed E-state index contributed by atoms with van der Waals surface area (Å²) >= 11 is 1.52. The number of ketones is 1. The van der Waals surface area contributed by atoms with Crippen LogP contribution in [-0.4, -0.2) is 5.78 Å². The van der Waals surface area contributed by atoms with Crippen LogP contribution >= 0.6 is 11.3 Å². The minimum absolute atomic E-state index is 0.0682. The molecule has 2 nitrogen and oxygen atoms in total. The van der Waals surface area contributed by atoms with Crippen LogP contribution in [0.4, 0.5) is 0 Å². The smallest absolute Gasteiger partial charge is 0.206 e. The Morgan fingerprint density at radius 2 is 2.20 bits per heavy atom. The van der Waals surface area contributed by atoms with E-state index in [4.69, 9.17) is 4.42 Å². The summed E-state index contributed by atoms with van der Waals surface area (Å²) in [6, 6.07) is 5.58. The second-order valence-electron chi connectivity index (χ2n) is 3.35. The van der Waals surface area contributed by atoms with Gasteiger partial charge >= 0.3 is 0 Å². The van der Waals surface area contributed by atoms with Gasteiger partial charge in [0, 0.05) is 11.3 Å². The van der Waals surface area contributed by atoms with Crippen LogP contribution in [0.1, 0.15) is 32.8 Å². The molecule has 2 aromatic rings. The summed E-state index contributed by atoms with van der Waals surface area (Å²) in [4.78, 5) is 14.0. The Morgan fingerprint density at radius 3 is 2.80 bits per heavy atom. The third-order valence-electron chi connectivity index (χ3n) is 2.28. The average Bonchev–Trinajstić information content (AvgIpc) is 2.84. The second-order valence-corrected chi connectivity index (χ2v) is 4.64. The van der Waals surface area contributed by atoms with E-state index < -0.39 is 0 Å². The maximum absolute atomic E-state index is 12.1. The summed E-state index contributed by atoms with van der Waals surface area (Å²) in [5.41, 5.74) is 0.694. The molecule has 0 spiro atoms. The van der Waals surface area contributed by atoms with Crippen molar-refractivity contribution in [2.24, 2.45) is 0 Å². The molecule has 0 bridgehead atoms. The molecule has 78 valence electrons. The molecule has 0 saturated heterocycles. The molecule has 0 aromatic carbocycles. The molecule has 0 amide bonds. The van der Waals surface area contributed by atoms with Gasteiger partial charge in [0.1, 0.15) is 5.76 Å². The van der Waals surface area contributed by atoms with Crippen molar-refractivity contribution in [1.82, 2.24) is 0 Å². The zero-order valence-corrected chi connectivity index (χ0v) is 9.56. The lowest BCUT2D eigenvalue weighted by Gasteiger charge is -1.96. The van der Waals surface area contributed by atoms with Crippen LogP contribution in [-0.2, 0) is 6.42 Å². The molecular weight excluding hydrogens is 208 g/mol. The monoisotopic (exact) mass is 220 g/mol. The van der Waals surface area contributed by atoms with E-state index in [2.05, 4.69) is 0 Å². The van der Waals surface area contributed by atoms with Gasteiger partial charge < -0.3 is 4.42 Å². The van der Waals surface area contributed by atoms with E-state index in [0.29, 0.717) is 5.56 Å². The van der Waals surface area contributed by atoms with Crippen LogP contribution in [0.15, 0.2) is 28.9 Å². The van der Waals surface area contributed by atoms with Crippen LogP contribution in [0.3, 0.4) is 0 Å². The maximum atomic E-state index is 12.1. The Balaban J connectivity index is 2.36. The molecule has 2 rings (SSSR count). The molecular formula is C12H12O2S. The lowest BCUT2D eigenvalue weighted by Crippen LogP contribution is -1.99. The zero-order chi connectivity index (χ0) is 10.8. The normalized spacial score (nSPS) is 10.5. The van der Waals surface area contributed by atoms with Gasteiger partial charge in [-0.3, -0.25) is 4.79 Å².